The minimum Gasteiger partial charge on any atom is -0.466 e. The van der Waals surface area contributed by atoms with E-state index < -0.39 is 12.1 Å². The second-order valence-electron chi connectivity index (χ2n) is 20.3. The number of carbonyl (C=O) groups excluding carboxylic acids is 2. The smallest absolute Gasteiger partial charge is 0.305 e. The molecule has 6 heteroatoms. The average molecular weight is 943 g/mol. The van der Waals surface area contributed by atoms with Crippen molar-refractivity contribution in [3.05, 3.63) is 36.5 Å². The molecular weight excluding hydrogens is 827 g/mol. The molecule has 67 heavy (non-hydrogen) atoms. The minimum atomic E-state index is -0.846. The molecule has 0 aliphatic rings. The van der Waals surface area contributed by atoms with Gasteiger partial charge >= 0.3 is 5.97 Å². The molecule has 0 spiro atoms. The van der Waals surface area contributed by atoms with Crippen molar-refractivity contribution in [1.29, 1.82) is 0 Å². The van der Waals surface area contributed by atoms with Gasteiger partial charge in [-0.3, -0.25) is 9.59 Å². The summed E-state index contributed by atoms with van der Waals surface area (Å²) in [5, 5.41) is 23.1. The highest BCUT2D eigenvalue weighted by atomic mass is 16.5. The Balaban J connectivity index is 3.41. The van der Waals surface area contributed by atoms with Gasteiger partial charge in [-0.15, -0.1) is 0 Å². The molecular formula is C61H115NO5. The van der Waals surface area contributed by atoms with Crippen LogP contribution >= 0.6 is 0 Å². The molecule has 0 heterocycles. The summed E-state index contributed by atoms with van der Waals surface area (Å²) in [5.74, 6) is -0.0701. The molecule has 394 valence electrons. The van der Waals surface area contributed by atoms with E-state index in [1.54, 1.807) is 6.08 Å². The van der Waals surface area contributed by atoms with E-state index in [1.807, 2.05) is 6.08 Å². The normalized spacial score (nSPS) is 12.8. The van der Waals surface area contributed by atoms with Gasteiger partial charge in [-0.2, -0.15) is 0 Å². The molecule has 0 rings (SSSR count). The molecule has 0 bridgehead atoms. The van der Waals surface area contributed by atoms with Crippen molar-refractivity contribution in [3.63, 3.8) is 0 Å². The van der Waals surface area contributed by atoms with Crippen molar-refractivity contribution in [2.75, 3.05) is 13.2 Å². The molecule has 0 fully saturated rings. The Morgan fingerprint density at radius 3 is 1.15 bits per heavy atom. The van der Waals surface area contributed by atoms with E-state index in [4.69, 9.17) is 4.74 Å². The molecule has 0 saturated carbocycles. The number of ether oxygens (including phenoxy) is 1. The number of esters is 1. The lowest BCUT2D eigenvalue weighted by molar-refractivity contribution is -0.143. The fourth-order valence-electron chi connectivity index (χ4n) is 9.08. The molecule has 1 amide bonds. The maximum Gasteiger partial charge on any atom is 0.305 e. The SMILES string of the molecule is CCCCCC/C=C\C/C=C\CCCCCCCCCC(=O)OCCCCCCCCCCCCCCCCCCCCCC(=O)NC(CO)C(O)/C=C/CCCCCCCCCCCCC. The van der Waals surface area contributed by atoms with E-state index in [-0.39, 0.29) is 18.5 Å². The van der Waals surface area contributed by atoms with Crippen molar-refractivity contribution in [3.8, 4) is 0 Å². The number of aliphatic hydroxyl groups excluding tert-OH is 2. The van der Waals surface area contributed by atoms with Gasteiger partial charge in [-0.1, -0.05) is 275 Å². The maximum atomic E-state index is 12.4. The third-order valence-electron chi connectivity index (χ3n) is 13.7. The second kappa shape index (κ2) is 56.7. The summed E-state index contributed by atoms with van der Waals surface area (Å²) in [4.78, 5) is 24.5. The van der Waals surface area contributed by atoms with Gasteiger partial charge < -0.3 is 20.3 Å². The van der Waals surface area contributed by atoms with Crippen LogP contribution in [0.2, 0.25) is 0 Å². The lowest BCUT2D eigenvalue weighted by Crippen LogP contribution is -2.45. The Morgan fingerprint density at radius 1 is 0.418 bits per heavy atom. The van der Waals surface area contributed by atoms with Gasteiger partial charge in [0.05, 0.1) is 25.4 Å². The zero-order valence-electron chi connectivity index (χ0n) is 44.9. The summed E-state index contributed by atoms with van der Waals surface area (Å²) in [6.45, 7) is 4.88. The number of hydrogen-bond acceptors (Lipinski definition) is 5. The van der Waals surface area contributed by atoms with Gasteiger partial charge in [0.15, 0.2) is 0 Å². The van der Waals surface area contributed by atoms with Crippen LogP contribution in [-0.4, -0.2) is 47.4 Å². The Morgan fingerprint density at radius 2 is 0.746 bits per heavy atom. The molecule has 0 aliphatic heterocycles. The summed E-state index contributed by atoms with van der Waals surface area (Å²) in [7, 11) is 0. The van der Waals surface area contributed by atoms with E-state index >= 15 is 0 Å². The van der Waals surface area contributed by atoms with Crippen LogP contribution in [0.25, 0.3) is 0 Å². The molecule has 2 atom stereocenters. The Labute approximate surface area is 417 Å². The summed E-state index contributed by atoms with van der Waals surface area (Å²) < 4.78 is 5.49. The lowest BCUT2D eigenvalue weighted by atomic mass is 10.0. The van der Waals surface area contributed by atoms with Crippen molar-refractivity contribution in [2.24, 2.45) is 0 Å². The van der Waals surface area contributed by atoms with Crippen LogP contribution in [0.1, 0.15) is 316 Å². The van der Waals surface area contributed by atoms with E-state index in [2.05, 4.69) is 43.5 Å². The predicted molar refractivity (Wildman–Crippen MR) is 292 cm³/mol. The number of hydrogen-bond donors (Lipinski definition) is 3. The quantitative estimate of drug-likeness (QED) is 0.0321. The van der Waals surface area contributed by atoms with E-state index in [0.29, 0.717) is 19.4 Å². The lowest BCUT2D eigenvalue weighted by Gasteiger charge is -2.20. The van der Waals surface area contributed by atoms with Gasteiger partial charge in [-0.25, -0.2) is 0 Å². The van der Waals surface area contributed by atoms with Crippen LogP contribution in [0.3, 0.4) is 0 Å². The predicted octanol–water partition coefficient (Wildman–Crippen LogP) is 18.4. The number of aliphatic hydroxyl groups is 2. The van der Waals surface area contributed by atoms with Crippen LogP contribution in [-0.2, 0) is 14.3 Å². The summed E-state index contributed by atoms with van der Waals surface area (Å²) in [6, 6.07) is -0.630. The first-order valence-electron chi connectivity index (χ1n) is 29.8. The first-order chi connectivity index (χ1) is 33.0. The Kier molecular flexibility index (Phi) is 55.0. The Hall–Kier alpha value is -1.92. The van der Waals surface area contributed by atoms with Crippen molar-refractivity contribution in [2.45, 2.75) is 328 Å². The highest BCUT2D eigenvalue weighted by molar-refractivity contribution is 5.76. The fourth-order valence-corrected chi connectivity index (χ4v) is 9.08. The maximum absolute atomic E-state index is 12.4. The van der Waals surface area contributed by atoms with Gasteiger partial charge in [0, 0.05) is 12.8 Å². The summed E-state index contributed by atoms with van der Waals surface area (Å²) in [6.07, 6.45) is 70.2. The number of carbonyl (C=O) groups is 2. The molecule has 0 aliphatic carbocycles. The van der Waals surface area contributed by atoms with E-state index in [0.717, 1.165) is 51.4 Å². The second-order valence-corrected chi connectivity index (χ2v) is 20.3. The standard InChI is InChI=1S/C61H115NO5/c1-3-5-7-9-11-13-15-17-18-19-24-27-31-35-39-43-47-51-55-61(66)67-56-52-48-44-40-36-32-28-25-22-20-21-23-26-30-34-38-42-46-50-54-60(65)62-58(57-63)59(64)53-49-45-41-37-33-29-16-14-12-10-8-6-4-2/h13,15,18-19,49,53,58-59,63-64H,3-12,14,16-17,20-48,50-52,54-57H2,1-2H3,(H,62,65)/b15-13-,19-18-,53-49+. The van der Waals surface area contributed by atoms with Crippen molar-refractivity contribution >= 4 is 11.9 Å². The third-order valence-corrected chi connectivity index (χ3v) is 13.7. The number of nitrogens with one attached hydrogen (secondary N) is 1. The van der Waals surface area contributed by atoms with Crippen LogP contribution in [0.5, 0.6) is 0 Å². The number of rotatable bonds is 55. The number of allylic oxidation sites excluding steroid dienone is 5. The first-order valence-corrected chi connectivity index (χ1v) is 29.8. The van der Waals surface area contributed by atoms with Crippen LogP contribution in [0.15, 0.2) is 36.5 Å². The average Bonchev–Trinajstić information content (AvgIpc) is 3.33. The van der Waals surface area contributed by atoms with Crippen molar-refractivity contribution in [1.82, 2.24) is 5.32 Å². The Bertz CT molecular complexity index is 1090. The number of unbranched alkanes of at least 4 members (excludes halogenated alkanes) is 40. The topological polar surface area (TPSA) is 95.9 Å². The molecule has 6 nitrogen and oxygen atoms in total. The zero-order valence-corrected chi connectivity index (χ0v) is 44.9. The van der Waals surface area contributed by atoms with E-state index in [1.165, 1.54) is 238 Å². The molecule has 0 saturated heterocycles. The van der Waals surface area contributed by atoms with E-state index in [9.17, 15) is 19.8 Å². The van der Waals surface area contributed by atoms with Crippen LogP contribution < -0.4 is 5.32 Å². The minimum absolute atomic E-state index is 0.000839. The zero-order chi connectivity index (χ0) is 48.6. The van der Waals surface area contributed by atoms with Gasteiger partial charge in [0.2, 0.25) is 5.91 Å². The van der Waals surface area contributed by atoms with Gasteiger partial charge in [0.25, 0.3) is 0 Å². The highest BCUT2D eigenvalue weighted by Crippen LogP contribution is 2.17. The van der Waals surface area contributed by atoms with Gasteiger partial charge in [-0.05, 0) is 64.2 Å². The molecule has 2 unspecified atom stereocenters. The largest absolute Gasteiger partial charge is 0.466 e. The molecule has 0 radical (unpaired) electrons. The fraction of sp³-hybridized carbons (Fsp3) is 0.869. The molecule has 0 aromatic carbocycles. The first kappa shape index (κ1) is 65.1. The van der Waals surface area contributed by atoms with Crippen LogP contribution in [0.4, 0.5) is 0 Å². The highest BCUT2D eigenvalue weighted by Gasteiger charge is 2.18. The summed E-state index contributed by atoms with van der Waals surface area (Å²) in [5.41, 5.74) is 0. The van der Waals surface area contributed by atoms with Crippen LogP contribution in [0, 0.1) is 0 Å². The van der Waals surface area contributed by atoms with Crippen molar-refractivity contribution < 1.29 is 24.5 Å². The third kappa shape index (κ3) is 53.3. The van der Waals surface area contributed by atoms with Gasteiger partial charge in [0.1, 0.15) is 0 Å². The monoisotopic (exact) mass is 942 g/mol. The molecule has 3 N–H and O–H groups in total. The molecule has 0 aromatic rings. The number of amides is 1. The summed E-state index contributed by atoms with van der Waals surface area (Å²) >= 11 is 0. The molecule has 0 aromatic heterocycles.